The van der Waals surface area contributed by atoms with Crippen LogP contribution in [0.4, 0.5) is 0 Å². The highest BCUT2D eigenvalue weighted by Gasteiger charge is 2.35. The van der Waals surface area contributed by atoms with Crippen molar-refractivity contribution in [2.45, 2.75) is 45.8 Å². The third kappa shape index (κ3) is 3.72. The van der Waals surface area contributed by atoms with Crippen molar-refractivity contribution in [1.82, 2.24) is 25.0 Å². The Morgan fingerprint density at radius 3 is 2.87 bits per heavy atom. The van der Waals surface area contributed by atoms with Gasteiger partial charge in [0.2, 0.25) is 0 Å². The fourth-order valence-electron chi connectivity index (χ4n) is 5.09. The smallest absolute Gasteiger partial charge is 0.263 e. The summed E-state index contributed by atoms with van der Waals surface area (Å²) in [6.45, 7) is 7.54. The lowest BCUT2D eigenvalue weighted by Gasteiger charge is -2.42. The molecule has 3 aromatic rings. The van der Waals surface area contributed by atoms with Gasteiger partial charge >= 0.3 is 0 Å². The van der Waals surface area contributed by atoms with Gasteiger partial charge in [0, 0.05) is 61.2 Å². The molecule has 0 unspecified atom stereocenters. The van der Waals surface area contributed by atoms with Crippen molar-refractivity contribution in [3.05, 3.63) is 74.9 Å². The lowest BCUT2D eigenvalue weighted by Crippen LogP contribution is -2.47. The maximum absolute atomic E-state index is 13.2. The van der Waals surface area contributed by atoms with Gasteiger partial charge in [0.1, 0.15) is 5.56 Å². The van der Waals surface area contributed by atoms with Crippen LogP contribution in [0.25, 0.3) is 0 Å². The van der Waals surface area contributed by atoms with Crippen molar-refractivity contribution < 1.29 is 9.21 Å². The fourth-order valence-corrected chi connectivity index (χ4v) is 5.09. The van der Waals surface area contributed by atoms with Crippen LogP contribution in [-0.2, 0) is 19.6 Å². The number of hydrogen-bond acceptors (Lipinski definition) is 5. The molecule has 0 aliphatic carbocycles. The highest BCUT2D eigenvalue weighted by atomic mass is 16.3. The predicted octanol–water partition coefficient (Wildman–Crippen LogP) is 2.33. The first-order valence-electron chi connectivity index (χ1n) is 10.8. The molecule has 2 bridgehead atoms. The molecule has 1 fully saturated rings. The van der Waals surface area contributed by atoms with Gasteiger partial charge in [0.05, 0.1) is 18.2 Å². The summed E-state index contributed by atoms with van der Waals surface area (Å²) < 4.78 is 7.03. The number of fused-ring (bicyclic) bond motifs is 4. The summed E-state index contributed by atoms with van der Waals surface area (Å²) >= 11 is 0. The number of carbonyl (C=O) groups is 1. The lowest BCUT2D eigenvalue weighted by molar-refractivity contribution is 0.0943. The fraction of sp³-hybridized carbons (Fsp3) is 0.435. The van der Waals surface area contributed by atoms with Crippen LogP contribution >= 0.6 is 0 Å². The number of pyridine rings is 1. The van der Waals surface area contributed by atoms with Gasteiger partial charge in [-0.15, -0.1) is 0 Å². The zero-order valence-electron chi connectivity index (χ0n) is 17.9. The number of nitrogens with zero attached hydrogens (tertiary/aromatic N) is 3. The molecule has 162 valence electrons. The number of hydrogen-bond donors (Lipinski definition) is 2. The number of rotatable bonds is 5. The average Bonchev–Trinajstić information content (AvgIpc) is 3.37. The van der Waals surface area contributed by atoms with Gasteiger partial charge in [-0.05, 0) is 44.4 Å². The predicted molar refractivity (Wildman–Crippen MR) is 115 cm³/mol. The molecule has 2 aliphatic heterocycles. The van der Waals surface area contributed by atoms with E-state index in [2.05, 4.69) is 20.4 Å². The van der Waals surface area contributed by atoms with E-state index in [0.29, 0.717) is 24.9 Å². The molecule has 2 N–H and O–H groups in total. The highest BCUT2D eigenvalue weighted by Crippen LogP contribution is 2.35. The first kappa shape index (κ1) is 19.8. The Morgan fingerprint density at radius 2 is 2.13 bits per heavy atom. The molecule has 0 radical (unpaired) electrons. The number of aryl methyl sites for hydroxylation is 2. The van der Waals surface area contributed by atoms with Gasteiger partial charge in [-0.25, -0.2) is 0 Å². The zero-order valence-corrected chi connectivity index (χ0v) is 17.9. The maximum atomic E-state index is 13.2. The van der Waals surface area contributed by atoms with E-state index in [0.717, 1.165) is 48.7 Å². The summed E-state index contributed by atoms with van der Waals surface area (Å²) in [7, 11) is 0. The first-order valence-corrected chi connectivity index (χ1v) is 10.8. The van der Waals surface area contributed by atoms with E-state index in [-0.39, 0.29) is 17.0 Å². The zero-order chi connectivity index (χ0) is 21.5. The maximum Gasteiger partial charge on any atom is 0.263 e. The largest absolute Gasteiger partial charge is 0.472 e. The van der Waals surface area contributed by atoms with Crippen LogP contribution < -0.4 is 10.9 Å². The lowest BCUT2D eigenvalue weighted by atomic mass is 9.83. The Labute approximate surface area is 180 Å². The van der Waals surface area contributed by atoms with E-state index >= 15 is 0 Å². The number of piperidine rings is 1. The molecule has 1 saturated heterocycles. The second-order valence-corrected chi connectivity index (χ2v) is 8.81. The Morgan fingerprint density at radius 1 is 1.26 bits per heavy atom. The van der Waals surface area contributed by atoms with E-state index in [1.54, 1.807) is 18.6 Å². The van der Waals surface area contributed by atoms with Gasteiger partial charge in [-0.2, -0.15) is 5.10 Å². The van der Waals surface area contributed by atoms with Gasteiger partial charge in [-0.1, -0.05) is 0 Å². The molecular weight excluding hydrogens is 394 g/mol. The van der Waals surface area contributed by atoms with Crippen LogP contribution in [0.2, 0.25) is 0 Å². The Hall–Kier alpha value is -3.13. The van der Waals surface area contributed by atoms with Crippen molar-refractivity contribution in [2.75, 3.05) is 13.1 Å². The van der Waals surface area contributed by atoms with Crippen LogP contribution in [0.5, 0.6) is 0 Å². The third-order valence-electron chi connectivity index (χ3n) is 6.62. The standard InChI is InChI=1S/C23H27N5O3/c1-14-20(15(2)26-25-14)8-24-22(29)19-3-4-21-18-7-17(11-28(21)23(19)30)10-27(12-18)9-16-5-6-31-13-16/h3-6,13,17-18H,7-12H2,1-2H3,(H,24,29)(H,25,26)/t17-,18+/m0/s1. The Balaban J connectivity index is 1.33. The number of H-pyrrole nitrogens is 1. The number of furan rings is 1. The van der Waals surface area contributed by atoms with E-state index < -0.39 is 0 Å². The molecule has 3 aromatic heterocycles. The molecule has 1 amide bonds. The van der Waals surface area contributed by atoms with Crippen molar-refractivity contribution >= 4 is 5.91 Å². The minimum atomic E-state index is -0.336. The molecule has 0 spiro atoms. The van der Waals surface area contributed by atoms with Crippen molar-refractivity contribution in [2.24, 2.45) is 5.92 Å². The molecular formula is C23H27N5O3. The monoisotopic (exact) mass is 421 g/mol. The van der Waals surface area contributed by atoms with E-state index in [9.17, 15) is 9.59 Å². The molecule has 8 heteroatoms. The number of likely N-dealkylation sites (tertiary alicyclic amines) is 1. The number of amides is 1. The molecule has 2 aliphatic rings. The normalized spacial score (nSPS) is 20.5. The summed E-state index contributed by atoms with van der Waals surface area (Å²) in [5, 5.41) is 9.95. The number of aromatic amines is 1. The van der Waals surface area contributed by atoms with Gasteiger partial charge in [0.15, 0.2) is 0 Å². The second kappa shape index (κ2) is 7.85. The minimum Gasteiger partial charge on any atom is -0.472 e. The summed E-state index contributed by atoms with van der Waals surface area (Å²) in [6, 6.07) is 5.65. The summed E-state index contributed by atoms with van der Waals surface area (Å²) in [4.78, 5) is 28.4. The summed E-state index contributed by atoms with van der Waals surface area (Å²) in [6.07, 6.45) is 4.59. The SMILES string of the molecule is Cc1n[nH]c(C)c1CNC(=O)c1ccc2n(c1=O)C[C@H]1C[C@@H]2CN(Cc2ccoc2)C1. The quantitative estimate of drug-likeness (QED) is 0.659. The van der Waals surface area contributed by atoms with E-state index in [4.69, 9.17) is 4.42 Å². The van der Waals surface area contributed by atoms with Crippen molar-refractivity contribution in [3.8, 4) is 0 Å². The van der Waals surface area contributed by atoms with Crippen LogP contribution in [0.15, 0.2) is 39.9 Å². The number of aromatic nitrogens is 3. The first-order chi connectivity index (χ1) is 15.0. The van der Waals surface area contributed by atoms with Crippen LogP contribution in [0.3, 0.4) is 0 Å². The van der Waals surface area contributed by atoms with Gasteiger partial charge in [-0.3, -0.25) is 19.6 Å². The minimum absolute atomic E-state index is 0.186. The van der Waals surface area contributed by atoms with Crippen LogP contribution in [0, 0.1) is 19.8 Å². The van der Waals surface area contributed by atoms with Crippen LogP contribution in [-0.4, -0.2) is 38.7 Å². The van der Waals surface area contributed by atoms with Crippen molar-refractivity contribution in [1.29, 1.82) is 0 Å². The van der Waals surface area contributed by atoms with Gasteiger partial charge in [0.25, 0.3) is 11.5 Å². The molecule has 5 heterocycles. The van der Waals surface area contributed by atoms with Gasteiger partial charge < -0.3 is 14.3 Å². The summed E-state index contributed by atoms with van der Waals surface area (Å²) in [5.74, 6) is 0.378. The third-order valence-corrected chi connectivity index (χ3v) is 6.62. The highest BCUT2D eigenvalue weighted by molar-refractivity contribution is 5.93. The molecule has 0 saturated carbocycles. The average molecular weight is 422 g/mol. The number of nitrogens with one attached hydrogen (secondary N) is 2. The Bertz CT molecular complexity index is 1140. The molecule has 5 rings (SSSR count). The van der Waals surface area contributed by atoms with E-state index in [1.807, 2.05) is 30.5 Å². The Kier molecular flexibility index (Phi) is 5.02. The molecule has 2 atom stereocenters. The number of carbonyl (C=O) groups excluding carboxylic acids is 1. The summed E-state index contributed by atoms with van der Waals surface area (Å²) in [5.41, 5.74) is 4.97. The molecule has 0 aromatic carbocycles. The van der Waals surface area contributed by atoms with E-state index in [1.165, 1.54) is 5.56 Å². The molecule has 8 nitrogen and oxygen atoms in total. The van der Waals surface area contributed by atoms with Crippen LogP contribution in [0.1, 0.15) is 50.9 Å². The molecule has 31 heavy (non-hydrogen) atoms. The van der Waals surface area contributed by atoms with Crippen molar-refractivity contribution in [3.63, 3.8) is 0 Å². The topological polar surface area (TPSA) is 96.2 Å². The second-order valence-electron chi connectivity index (χ2n) is 8.81.